The second kappa shape index (κ2) is 6.53. The number of benzene rings is 1. The van der Waals surface area contributed by atoms with Crippen LogP contribution in [0.4, 0.5) is 5.69 Å². The summed E-state index contributed by atoms with van der Waals surface area (Å²) >= 11 is 1.13. The van der Waals surface area contributed by atoms with Crippen LogP contribution in [0, 0.1) is 0 Å². The maximum absolute atomic E-state index is 12.4. The highest BCUT2D eigenvalue weighted by atomic mass is 32.2. The Morgan fingerprint density at radius 3 is 2.57 bits per heavy atom. The molecule has 7 heteroatoms. The van der Waals surface area contributed by atoms with Crippen LogP contribution in [0.15, 0.2) is 40.5 Å². The van der Waals surface area contributed by atoms with Crippen molar-refractivity contribution in [2.24, 2.45) is 10.2 Å². The average molecular weight is 305 g/mol. The number of aliphatic carboxylic acids is 1. The maximum Gasteiger partial charge on any atom is 0.305 e. The minimum atomic E-state index is -1.01. The van der Waals surface area contributed by atoms with Gasteiger partial charge in [0.05, 0.1) is 12.1 Å². The molecular formula is C14H15N3O3S. The smallest absolute Gasteiger partial charge is 0.305 e. The molecule has 1 aromatic rings. The molecule has 1 aromatic carbocycles. The van der Waals surface area contributed by atoms with Crippen molar-refractivity contribution < 1.29 is 14.7 Å². The fourth-order valence-electron chi connectivity index (χ4n) is 1.78. The predicted molar refractivity (Wildman–Crippen MR) is 83.8 cm³/mol. The van der Waals surface area contributed by atoms with Gasteiger partial charge in [0.1, 0.15) is 5.25 Å². The second-order valence-corrected chi connectivity index (χ2v) is 5.81. The number of carbonyl (C=O) groups excluding carboxylic acids is 1. The first-order chi connectivity index (χ1) is 9.99. The standard InChI is InChI=1S/C14H15N3O3S/c1-9(2)15-16-14-17(10-6-4-3-5-7-10)13(20)11(21-14)8-12(18)19/h3-7,11H,8H2,1-2H3,(H,18,19)/b16-14-/t11-/m0/s1. The Morgan fingerprint density at radius 2 is 2.00 bits per heavy atom. The Morgan fingerprint density at radius 1 is 1.33 bits per heavy atom. The van der Waals surface area contributed by atoms with Gasteiger partial charge in [-0.15, -0.1) is 5.10 Å². The number of amidine groups is 1. The summed E-state index contributed by atoms with van der Waals surface area (Å²) < 4.78 is 0. The van der Waals surface area contributed by atoms with Gasteiger partial charge in [-0.2, -0.15) is 5.10 Å². The van der Waals surface area contributed by atoms with Gasteiger partial charge in [-0.1, -0.05) is 30.0 Å². The number of hydrogen-bond acceptors (Lipinski definition) is 5. The number of para-hydroxylation sites is 1. The van der Waals surface area contributed by atoms with Crippen LogP contribution in [0.25, 0.3) is 0 Å². The summed E-state index contributed by atoms with van der Waals surface area (Å²) in [5.74, 6) is -1.29. The van der Waals surface area contributed by atoms with Gasteiger partial charge in [-0.3, -0.25) is 14.5 Å². The van der Waals surface area contributed by atoms with Crippen molar-refractivity contribution in [3.8, 4) is 0 Å². The molecule has 0 spiro atoms. The molecule has 0 aliphatic carbocycles. The zero-order valence-electron chi connectivity index (χ0n) is 11.7. The molecule has 0 aromatic heterocycles. The van der Waals surface area contributed by atoms with Crippen molar-refractivity contribution in [3.05, 3.63) is 30.3 Å². The lowest BCUT2D eigenvalue weighted by Crippen LogP contribution is -2.32. The molecule has 1 fully saturated rings. The van der Waals surface area contributed by atoms with Crippen molar-refractivity contribution >= 4 is 40.2 Å². The van der Waals surface area contributed by atoms with Crippen LogP contribution >= 0.6 is 11.8 Å². The van der Waals surface area contributed by atoms with E-state index in [0.29, 0.717) is 10.9 Å². The number of rotatable bonds is 4. The van der Waals surface area contributed by atoms with Crippen LogP contribution in [-0.4, -0.2) is 33.1 Å². The average Bonchev–Trinajstić information content (AvgIpc) is 2.73. The Labute approximate surface area is 126 Å². The third-order valence-electron chi connectivity index (χ3n) is 2.64. The van der Waals surface area contributed by atoms with Gasteiger partial charge >= 0.3 is 5.97 Å². The maximum atomic E-state index is 12.4. The summed E-state index contributed by atoms with van der Waals surface area (Å²) in [4.78, 5) is 24.7. The fourth-order valence-corrected chi connectivity index (χ4v) is 2.86. The molecule has 1 aliphatic heterocycles. The first-order valence-corrected chi connectivity index (χ1v) is 7.23. The molecule has 1 atom stereocenters. The Bertz CT molecular complexity index is 609. The van der Waals surface area contributed by atoms with Gasteiger partial charge in [0, 0.05) is 5.71 Å². The Balaban J connectivity index is 2.37. The van der Waals surface area contributed by atoms with Crippen LogP contribution in [0.2, 0.25) is 0 Å². The van der Waals surface area contributed by atoms with Gasteiger partial charge in [0.2, 0.25) is 5.91 Å². The number of thioether (sulfide) groups is 1. The number of amides is 1. The molecule has 110 valence electrons. The van der Waals surface area contributed by atoms with Crippen LogP contribution in [0.5, 0.6) is 0 Å². The number of carboxylic acids is 1. The lowest BCUT2D eigenvalue weighted by Gasteiger charge is -2.15. The SMILES string of the molecule is CC(C)=N/N=C1\S[C@@H](CC(=O)O)C(=O)N1c1ccccc1. The Hall–Kier alpha value is -2.15. The normalized spacial score (nSPS) is 19.9. The van der Waals surface area contributed by atoms with Crippen molar-refractivity contribution in [1.29, 1.82) is 0 Å². The number of carboxylic acid groups (broad SMARTS) is 1. The summed E-state index contributed by atoms with van der Waals surface area (Å²) in [7, 11) is 0. The summed E-state index contributed by atoms with van der Waals surface area (Å²) in [5, 5.41) is 16.7. The number of carbonyl (C=O) groups is 2. The van der Waals surface area contributed by atoms with Crippen LogP contribution < -0.4 is 4.90 Å². The van der Waals surface area contributed by atoms with Gasteiger partial charge in [-0.25, -0.2) is 0 Å². The molecule has 0 radical (unpaired) electrons. The molecule has 0 unspecified atom stereocenters. The van der Waals surface area contributed by atoms with E-state index in [-0.39, 0.29) is 12.3 Å². The first kappa shape index (κ1) is 15.2. The highest BCUT2D eigenvalue weighted by Gasteiger charge is 2.40. The zero-order valence-corrected chi connectivity index (χ0v) is 12.5. The van der Waals surface area contributed by atoms with E-state index >= 15 is 0 Å². The van der Waals surface area contributed by atoms with Gasteiger partial charge in [0.25, 0.3) is 0 Å². The van der Waals surface area contributed by atoms with Crippen molar-refractivity contribution in [2.75, 3.05) is 4.90 Å². The van der Waals surface area contributed by atoms with E-state index in [1.54, 1.807) is 26.0 Å². The molecule has 1 heterocycles. The molecule has 0 bridgehead atoms. The first-order valence-electron chi connectivity index (χ1n) is 6.35. The lowest BCUT2D eigenvalue weighted by molar-refractivity contribution is -0.138. The molecule has 0 saturated carbocycles. The topological polar surface area (TPSA) is 82.3 Å². The fraction of sp³-hybridized carbons (Fsp3) is 0.286. The largest absolute Gasteiger partial charge is 0.481 e. The van der Waals surface area contributed by atoms with Gasteiger partial charge in [0.15, 0.2) is 5.17 Å². The summed E-state index contributed by atoms with van der Waals surface area (Å²) in [5.41, 5.74) is 1.41. The van der Waals surface area contributed by atoms with E-state index < -0.39 is 11.2 Å². The van der Waals surface area contributed by atoms with Crippen molar-refractivity contribution in [1.82, 2.24) is 0 Å². The Kier molecular flexibility index (Phi) is 4.74. The highest BCUT2D eigenvalue weighted by Crippen LogP contribution is 2.33. The highest BCUT2D eigenvalue weighted by molar-refractivity contribution is 8.16. The van der Waals surface area contributed by atoms with Crippen LogP contribution in [0.3, 0.4) is 0 Å². The summed E-state index contributed by atoms with van der Waals surface area (Å²) in [6.07, 6.45) is -0.235. The predicted octanol–water partition coefficient (Wildman–Crippen LogP) is 2.36. The minimum absolute atomic E-state index is 0.235. The number of hydrogen-bond donors (Lipinski definition) is 1. The molecule has 1 amide bonds. The molecule has 1 N–H and O–H groups in total. The third kappa shape index (κ3) is 3.69. The molecule has 6 nitrogen and oxygen atoms in total. The molecular weight excluding hydrogens is 290 g/mol. The molecule has 21 heavy (non-hydrogen) atoms. The van der Waals surface area contributed by atoms with Gasteiger partial charge < -0.3 is 5.11 Å². The molecule has 1 saturated heterocycles. The monoisotopic (exact) mass is 305 g/mol. The summed E-state index contributed by atoms with van der Waals surface area (Å²) in [6, 6.07) is 9.02. The van der Waals surface area contributed by atoms with E-state index in [0.717, 1.165) is 17.5 Å². The van der Waals surface area contributed by atoms with Gasteiger partial charge in [-0.05, 0) is 26.0 Å². The lowest BCUT2D eigenvalue weighted by atomic mass is 10.2. The van der Waals surface area contributed by atoms with Crippen LogP contribution in [-0.2, 0) is 9.59 Å². The third-order valence-corrected chi connectivity index (χ3v) is 3.77. The van der Waals surface area contributed by atoms with E-state index in [1.165, 1.54) is 4.90 Å². The quantitative estimate of drug-likeness (QED) is 0.684. The summed E-state index contributed by atoms with van der Waals surface area (Å²) in [6.45, 7) is 3.60. The van der Waals surface area contributed by atoms with E-state index in [9.17, 15) is 9.59 Å². The zero-order chi connectivity index (χ0) is 15.4. The number of nitrogens with zero attached hydrogens (tertiary/aromatic N) is 3. The van der Waals surface area contributed by atoms with E-state index in [2.05, 4.69) is 10.2 Å². The minimum Gasteiger partial charge on any atom is -0.481 e. The molecule has 2 rings (SSSR count). The van der Waals surface area contributed by atoms with Crippen molar-refractivity contribution in [2.45, 2.75) is 25.5 Å². The second-order valence-electron chi connectivity index (χ2n) is 4.64. The van der Waals surface area contributed by atoms with Crippen LogP contribution in [0.1, 0.15) is 20.3 Å². The van der Waals surface area contributed by atoms with E-state index in [1.807, 2.05) is 18.2 Å². The van der Waals surface area contributed by atoms with Crippen molar-refractivity contribution in [3.63, 3.8) is 0 Å². The molecule has 1 aliphatic rings. The number of anilines is 1. The van der Waals surface area contributed by atoms with E-state index in [4.69, 9.17) is 5.11 Å².